The summed E-state index contributed by atoms with van der Waals surface area (Å²) in [6, 6.07) is 21.5. The summed E-state index contributed by atoms with van der Waals surface area (Å²) in [5.74, 6) is 0.375. The van der Waals surface area contributed by atoms with Crippen LogP contribution < -0.4 is 4.90 Å². The quantitative estimate of drug-likeness (QED) is 0.429. The SMILES string of the molecule is COC(OC)C1CCN(c2ccc(C3=C(c4ccccc4)CCc4cc(O)ccc43)cc2F)CC1. The molecule has 0 amide bonds. The molecule has 1 aliphatic carbocycles. The molecule has 0 bridgehead atoms. The van der Waals surface area contributed by atoms with Crippen molar-refractivity contribution in [3.05, 3.63) is 94.8 Å². The van der Waals surface area contributed by atoms with E-state index in [1.807, 2.05) is 42.5 Å². The van der Waals surface area contributed by atoms with Crippen LogP contribution in [0.2, 0.25) is 0 Å². The third kappa shape index (κ3) is 4.71. The van der Waals surface area contributed by atoms with Gasteiger partial charge in [-0.25, -0.2) is 4.39 Å². The summed E-state index contributed by atoms with van der Waals surface area (Å²) >= 11 is 0. The first-order valence-corrected chi connectivity index (χ1v) is 12.3. The van der Waals surface area contributed by atoms with E-state index in [0.29, 0.717) is 11.6 Å². The first-order valence-electron chi connectivity index (χ1n) is 12.3. The molecule has 1 aliphatic heterocycles. The third-order valence-corrected chi connectivity index (χ3v) is 7.39. The zero-order valence-electron chi connectivity index (χ0n) is 20.3. The van der Waals surface area contributed by atoms with Gasteiger partial charge in [0.05, 0.1) is 5.69 Å². The van der Waals surface area contributed by atoms with Crippen molar-refractivity contribution < 1.29 is 19.0 Å². The number of aryl methyl sites for hydroxylation is 1. The fourth-order valence-corrected chi connectivity index (χ4v) is 5.65. The van der Waals surface area contributed by atoms with E-state index >= 15 is 4.39 Å². The van der Waals surface area contributed by atoms with E-state index in [-0.39, 0.29) is 17.9 Å². The second-order valence-corrected chi connectivity index (χ2v) is 9.39. The third-order valence-electron chi connectivity index (χ3n) is 7.39. The van der Waals surface area contributed by atoms with Crippen molar-refractivity contribution in [2.24, 2.45) is 5.92 Å². The van der Waals surface area contributed by atoms with Gasteiger partial charge in [0.15, 0.2) is 6.29 Å². The molecule has 0 radical (unpaired) electrons. The van der Waals surface area contributed by atoms with Crippen LogP contribution in [-0.4, -0.2) is 38.7 Å². The number of allylic oxidation sites excluding steroid dienone is 1. The molecule has 182 valence electrons. The van der Waals surface area contributed by atoms with Crippen LogP contribution in [0.1, 0.15) is 41.5 Å². The van der Waals surface area contributed by atoms with E-state index in [9.17, 15) is 5.11 Å². The Hall–Kier alpha value is -3.15. The fraction of sp³-hybridized carbons (Fsp3) is 0.333. The number of methoxy groups -OCH3 is 2. The Kier molecular flexibility index (Phi) is 6.89. The molecular formula is C30H32FNO3. The largest absolute Gasteiger partial charge is 0.508 e. The van der Waals surface area contributed by atoms with E-state index in [4.69, 9.17) is 9.47 Å². The number of hydrogen-bond donors (Lipinski definition) is 1. The summed E-state index contributed by atoms with van der Waals surface area (Å²) in [5, 5.41) is 10.0. The molecule has 35 heavy (non-hydrogen) atoms. The molecule has 1 fully saturated rings. The molecule has 5 rings (SSSR count). The number of fused-ring (bicyclic) bond motifs is 1. The number of phenols is 1. The van der Waals surface area contributed by atoms with Crippen molar-refractivity contribution in [1.82, 2.24) is 0 Å². The van der Waals surface area contributed by atoms with Crippen molar-refractivity contribution in [2.75, 3.05) is 32.2 Å². The Balaban J connectivity index is 1.49. The van der Waals surface area contributed by atoms with Gasteiger partial charge in [-0.1, -0.05) is 42.5 Å². The van der Waals surface area contributed by atoms with Crippen LogP contribution in [0.5, 0.6) is 5.75 Å². The first-order chi connectivity index (χ1) is 17.1. The number of phenolic OH excluding ortho intramolecular Hbond substituents is 1. The minimum absolute atomic E-state index is 0.207. The molecule has 5 heteroatoms. The van der Waals surface area contributed by atoms with Gasteiger partial charge in [-0.2, -0.15) is 0 Å². The van der Waals surface area contributed by atoms with Gasteiger partial charge < -0.3 is 19.5 Å². The zero-order valence-corrected chi connectivity index (χ0v) is 20.3. The lowest BCUT2D eigenvalue weighted by Crippen LogP contribution is -2.39. The minimum Gasteiger partial charge on any atom is -0.508 e. The van der Waals surface area contributed by atoms with E-state index in [2.05, 4.69) is 17.0 Å². The van der Waals surface area contributed by atoms with Crippen molar-refractivity contribution >= 4 is 16.8 Å². The van der Waals surface area contributed by atoms with Crippen LogP contribution in [0.15, 0.2) is 66.7 Å². The van der Waals surface area contributed by atoms with Crippen LogP contribution in [0, 0.1) is 11.7 Å². The number of benzene rings is 3. The fourth-order valence-electron chi connectivity index (χ4n) is 5.65. The van der Waals surface area contributed by atoms with Gasteiger partial charge in [-0.3, -0.25) is 0 Å². The highest BCUT2D eigenvalue weighted by Gasteiger charge is 2.28. The maximum Gasteiger partial charge on any atom is 0.159 e. The minimum atomic E-state index is -0.210. The standard InChI is InChI=1S/C30H32FNO3/c1-34-30(35-2)21-14-16-32(17-15-21)28-13-9-23(19-27(28)31)29-25(20-6-4-3-5-7-20)11-8-22-18-24(33)10-12-26(22)29/h3-7,9-10,12-13,18-19,21,30,33H,8,11,14-17H2,1-2H3. The molecule has 1 saturated heterocycles. The molecule has 3 aromatic rings. The molecule has 1 N–H and O–H groups in total. The molecule has 0 atom stereocenters. The average molecular weight is 474 g/mol. The molecule has 0 aromatic heterocycles. The number of ether oxygens (including phenoxy) is 2. The summed E-state index contributed by atoms with van der Waals surface area (Å²) in [6.45, 7) is 1.54. The number of halogens is 1. The predicted molar refractivity (Wildman–Crippen MR) is 138 cm³/mol. The molecule has 3 aromatic carbocycles. The highest BCUT2D eigenvalue weighted by Crippen LogP contribution is 2.42. The van der Waals surface area contributed by atoms with Crippen LogP contribution in [-0.2, 0) is 15.9 Å². The summed E-state index contributed by atoms with van der Waals surface area (Å²) in [7, 11) is 3.34. The highest BCUT2D eigenvalue weighted by molar-refractivity contribution is 6.01. The Morgan fingerprint density at radius 3 is 2.31 bits per heavy atom. The van der Waals surface area contributed by atoms with Gasteiger partial charge in [-0.15, -0.1) is 0 Å². The maximum absolute atomic E-state index is 15.6. The lowest BCUT2D eigenvalue weighted by Gasteiger charge is -2.36. The van der Waals surface area contributed by atoms with Gasteiger partial charge in [0.2, 0.25) is 0 Å². The van der Waals surface area contributed by atoms with Crippen molar-refractivity contribution in [3.8, 4) is 5.75 Å². The summed E-state index contributed by atoms with van der Waals surface area (Å²) in [4.78, 5) is 2.12. The number of hydrogen-bond acceptors (Lipinski definition) is 4. The molecule has 0 spiro atoms. The van der Waals surface area contributed by atoms with Gasteiger partial charge in [0, 0.05) is 33.2 Å². The molecular weight excluding hydrogens is 441 g/mol. The number of aromatic hydroxyl groups is 1. The lowest BCUT2D eigenvalue weighted by molar-refractivity contribution is -0.141. The number of anilines is 1. The zero-order chi connectivity index (χ0) is 24.4. The second-order valence-electron chi connectivity index (χ2n) is 9.39. The molecule has 2 aliphatic rings. The number of nitrogens with zero attached hydrogens (tertiary/aromatic N) is 1. The highest BCUT2D eigenvalue weighted by atomic mass is 19.1. The van der Waals surface area contributed by atoms with E-state index in [1.54, 1.807) is 26.4 Å². The Morgan fingerprint density at radius 1 is 0.886 bits per heavy atom. The Bertz CT molecular complexity index is 1210. The monoisotopic (exact) mass is 473 g/mol. The van der Waals surface area contributed by atoms with Gasteiger partial charge in [0.1, 0.15) is 11.6 Å². The normalized spacial score (nSPS) is 16.6. The predicted octanol–water partition coefficient (Wildman–Crippen LogP) is 6.27. The van der Waals surface area contributed by atoms with Crippen molar-refractivity contribution in [1.29, 1.82) is 0 Å². The summed E-state index contributed by atoms with van der Waals surface area (Å²) in [5.41, 5.74) is 7.07. The lowest BCUT2D eigenvalue weighted by atomic mass is 9.79. The first kappa shape index (κ1) is 23.6. The Morgan fingerprint density at radius 2 is 1.63 bits per heavy atom. The van der Waals surface area contributed by atoms with Crippen LogP contribution in [0.3, 0.4) is 0 Å². The van der Waals surface area contributed by atoms with E-state index < -0.39 is 0 Å². The second kappa shape index (κ2) is 10.2. The van der Waals surface area contributed by atoms with Crippen molar-refractivity contribution in [3.63, 3.8) is 0 Å². The van der Waals surface area contributed by atoms with Crippen LogP contribution >= 0.6 is 0 Å². The van der Waals surface area contributed by atoms with Crippen LogP contribution in [0.25, 0.3) is 11.1 Å². The molecule has 4 nitrogen and oxygen atoms in total. The maximum atomic E-state index is 15.6. The number of piperidine rings is 1. The van der Waals surface area contributed by atoms with E-state index in [0.717, 1.165) is 66.6 Å². The van der Waals surface area contributed by atoms with Gasteiger partial charge in [-0.05, 0) is 83.3 Å². The van der Waals surface area contributed by atoms with Crippen LogP contribution in [0.4, 0.5) is 10.1 Å². The topological polar surface area (TPSA) is 41.9 Å². The number of rotatable bonds is 6. The van der Waals surface area contributed by atoms with Gasteiger partial charge >= 0.3 is 0 Å². The molecule has 0 unspecified atom stereocenters. The van der Waals surface area contributed by atoms with Gasteiger partial charge in [0.25, 0.3) is 0 Å². The van der Waals surface area contributed by atoms with E-state index in [1.165, 1.54) is 5.57 Å². The molecule has 1 heterocycles. The summed E-state index contributed by atoms with van der Waals surface area (Å²) < 4.78 is 26.5. The molecule has 0 saturated carbocycles. The Labute approximate surface area is 206 Å². The smallest absolute Gasteiger partial charge is 0.159 e. The summed E-state index contributed by atoms with van der Waals surface area (Å²) in [6.07, 6.45) is 3.27. The average Bonchev–Trinajstić information content (AvgIpc) is 2.89. The van der Waals surface area contributed by atoms with Crippen molar-refractivity contribution in [2.45, 2.75) is 32.0 Å².